The number of halogens is 2. The van der Waals surface area contributed by atoms with Crippen molar-refractivity contribution < 1.29 is 9.53 Å². The second-order valence-corrected chi connectivity index (χ2v) is 7.04. The van der Waals surface area contributed by atoms with Crippen LogP contribution in [0.3, 0.4) is 0 Å². The van der Waals surface area contributed by atoms with E-state index in [0.29, 0.717) is 23.0 Å². The minimum Gasteiger partial charge on any atom is -0.348 e. The molecule has 2 aromatic carbocycles. The molecule has 6 heteroatoms. The topological polar surface area (TPSA) is 50.7 Å². The lowest BCUT2D eigenvalue weighted by atomic mass is 10.0. The molecule has 1 aliphatic rings. The van der Waals surface area contributed by atoms with Gasteiger partial charge >= 0.3 is 0 Å². The fourth-order valence-corrected chi connectivity index (χ4v) is 3.17. The molecule has 0 saturated carbocycles. The van der Waals surface area contributed by atoms with E-state index in [4.69, 9.17) is 16.3 Å². The summed E-state index contributed by atoms with van der Waals surface area (Å²) in [6.45, 7) is 2.55. The summed E-state index contributed by atoms with van der Waals surface area (Å²) in [5, 5.41) is 3.48. The molecule has 0 aromatic heterocycles. The predicted octanol–water partition coefficient (Wildman–Crippen LogP) is 5.03. The van der Waals surface area contributed by atoms with Gasteiger partial charge in [0.25, 0.3) is 5.91 Å². The van der Waals surface area contributed by atoms with Crippen LogP contribution in [0, 0.1) is 0 Å². The predicted molar refractivity (Wildman–Crippen MR) is 105 cm³/mol. The van der Waals surface area contributed by atoms with Crippen LogP contribution in [0.15, 0.2) is 51.9 Å². The minimum absolute atomic E-state index is 0.276. The molecule has 0 spiro atoms. The number of rotatable bonds is 5. The van der Waals surface area contributed by atoms with Crippen molar-refractivity contribution in [2.75, 3.05) is 11.9 Å². The van der Waals surface area contributed by atoms with Gasteiger partial charge in [0.1, 0.15) is 0 Å². The maximum Gasteiger partial charge on any atom is 0.276 e. The monoisotopic (exact) mass is 420 g/mol. The maximum absolute atomic E-state index is 12.5. The van der Waals surface area contributed by atoms with Gasteiger partial charge in [0, 0.05) is 27.2 Å². The molecule has 0 bridgehead atoms. The molecule has 3 rings (SSSR count). The van der Waals surface area contributed by atoms with Crippen molar-refractivity contribution in [3.63, 3.8) is 0 Å². The normalized spacial score (nSPS) is 16.7. The number of hydrogen-bond donors (Lipinski definition) is 1. The second-order valence-electron chi connectivity index (χ2n) is 5.71. The van der Waals surface area contributed by atoms with Gasteiger partial charge in [-0.1, -0.05) is 59.1 Å². The summed E-state index contributed by atoms with van der Waals surface area (Å²) in [5.74, 6) is -0.276. The van der Waals surface area contributed by atoms with Crippen LogP contribution < -0.4 is 5.32 Å². The SMILES string of the molecule is CCCCOC1N=C(c2ccccc2Cl)c2cc(Br)ccc2NC1=O. The van der Waals surface area contributed by atoms with Gasteiger partial charge in [-0.2, -0.15) is 0 Å². The molecule has 0 aliphatic carbocycles. The summed E-state index contributed by atoms with van der Waals surface area (Å²) in [6, 6.07) is 13.1. The molecule has 0 radical (unpaired) electrons. The molecule has 1 amide bonds. The van der Waals surface area contributed by atoms with Crippen LogP contribution in [0.1, 0.15) is 30.9 Å². The quantitative estimate of drug-likeness (QED) is 0.688. The van der Waals surface area contributed by atoms with Crippen molar-refractivity contribution in [2.24, 2.45) is 4.99 Å². The highest BCUT2D eigenvalue weighted by Crippen LogP contribution is 2.30. The lowest BCUT2D eigenvalue weighted by molar-refractivity contribution is -0.126. The average Bonchev–Trinajstić information content (AvgIpc) is 2.73. The van der Waals surface area contributed by atoms with E-state index in [0.717, 1.165) is 28.4 Å². The number of carbonyl (C=O) groups is 1. The Bertz CT molecular complexity index is 823. The van der Waals surface area contributed by atoms with Crippen LogP contribution in [0.25, 0.3) is 0 Å². The Kier molecular flexibility index (Phi) is 5.89. The molecule has 0 saturated heterocycles. The molecule has 130 valence electrons. The first-order valence-electron chi connectivity index (χ1n) is 8.15. The summed E-state index contributed by atoms with van der Waals surface area (Å²) >= 11 is 9.87. The second kappa shape index (κ2) is 8.13. The molecule has 1 unspecified atom stereocenters. The molecule has 1 N–H and O–H groups in total. The minimum atomic E-state index is -0.899. The molecule has 1 atom stereocenters. The van der Waals surface area contributed by atoms with Crippen LogP contribution in [0.5, 0.6) is 0 Å². The number of nitrogens with zero attached hydrogens (tertiary/aromatic N) is 1. The van der Waals surface area contributed by atoms with Gasteiger partial charge < -0.3 is 10.1 Å². The highest BCUT2D eigenvalue weighted by Gasteiger charge is 2.27. The van der Waals surface area contributed by atoms with Crippen LogP contribution in [-0.4, -0.2) is 24.5 Å². The zero-order valence-corrected chi connectivity index (χ0v) is 16.1. The number of aliphatic imine (C=N–C) groups is 1. The van der Waals surface area contributed by atoms with Gasteiger partial charge in [-0.15, -0.1) is 0 Å². The van der Waals surface area contributed by atoms with Crippen molar-refractivity contribution in [1.29, 1.82) is 0 Å². The number of unbranched alkanes of at least 4 members (excludes halogenated alkanes) is 1. The van der Waals surface area contributed by atoms with Gasteiger partial charge in [-0.05, 0) is 30.7 Å². The third-order valence-electron chi connectivity index (χ3n) is 3.87. The number of fused-ring (bicyclic) bond motifs is 1. The van der Waals surface area contributed by atoms with Gasteiger partial charge in [0.15, 0.2) is 0 Å². The molecule has 2 aromatic rings. The Morgan fingerprint density at radius 3 is 2.80 bits per heavy atom. The Balaban J connectivity index is 2.10. The molecule has 1 aliphatic heterocycles. The average molecular weight is 422 g/mol. The number of carbonyl (C=O) groups excluding carboxylic acids is 1. The van der Waals surface area contributed by atoms with Gasteiger partial charge in [-0.25, -0.2) is 4.99 Å². The number of benzodiazepines with no additional fused rings is 1. The molecule has 0 fully saturated rings. The summed E-state index contributed by atoms with van der Waals surface area (Å²) in [7, 11) is 0. The zero-order valence-electron chi connectivity index (χ0n) is 13.8. The largest absolute Gasteiger partial charge is 0.348 e. The van der Waals surface area contributed by atoms with Gasteiger partial charge in [0.05, 0.1) is 11.4 Å². The number of anilines is 1. The Labute approximate surface area is 160 Å². The van der Waals surface area contributed by atoms with Crippen molar-refractivity contribution >= 4 is 44.8 Å². The number of amides is 1. The van der Waals surface area contributed by atoms with E-state index < -0.39 is 6.23 Å². The molecule has 1 heterocycles. The molecular weight excluding hydrogens is 404 g/mol. The number of ether oxygens (including phenoxy) is 1. The lowest BCUT2D eigenvalue weighted by Crippen LogP contribution is -2.28. The van der Waals surface area contributed by atoms with E-state index in [9.17, 15) is 4.79 Å². The van der Waals surface area contributed by atoms with Crippen molar-refractivity contribution in [3.8, 4) is 0 Å². The summed E-state index contributed by atoms with van der Waals surface area (Å²) in [5.41, 5.74) is 2.90. The standard InChI is InChI=1S/C19H18BrClN2O2/c1-2-3-10-25-19-18(24)22-16-9-8-12(20)11-14(16)17(23-19)13-6-4-5-7-15(13)21/h4-9,11,19H,2-3,10H2,1H3,(H,22,24). The summed E-state index contributed by atoms with van der Waals surface area (Å²) in [4.78, 5) is 17.1. The van der Waals surface area contributed by atoms with Crippen molar-refractivity contribution in [3.05, 3.63) is 63.1 Å². The summed E-state index contributed by atoms with van der Waals surface area (Å²) < 4.78 is 6.61. The molecule has 4 nitrogen and oxygen atoms in total. The lowest BCUT2D eigenvalue weighted by Gasteiger charge is -2.12. The molecule has 25 heavy (non-hydrogen) atoms. The van der Waals surface area contributed by atoms with E-state index in [1.807, 2.05) is 42.5 Å². The number of hydrogen-bond acceptors (Lipinski definition) is 3. The first-order chi connectivity index (χ1) is 12.1. The smallest absolute Gasteiger partial charge is 0.276 e. The summed E-state index contributed by atoms with van der Waals surface area (Å²) in [6.07, 6.45) is 0.964. The van der Waals surface area contributed by atoms with E-state index in [1.165, 1.54) is 0 Å². The van der Waals surface area contributed by atoms with Crippen LogP contribution in [-0.2, 0) is 9.53 Å². The highest BCUT2D eigenvalue weighted by atomic mass is 79.9. The Morgan fingerprint density at radius 2 is 2.04 bits per heavy atom. The van der Waals surface area contributed by atoms with Gasteiger partial charge in [0.2, 0.25) is 6.23 Å². The Morgan fingerprint density at radius 1 is 1.24 bits per heavy atom. The van der Waals surface area contributed by atoms with E-state index in [1.54, 1.807) is 0 Å². The fourth-order valence-electron chi connectivity index (χ4n) is 2.58. The third-order valence-corrected chi connectivity index (χ3v) is 4.69. The van der Waals surface area contributed by atoms with Gasteiger partial charge in [-0.3, -0.25) is 4.79 Å². The van der Waals surface area contributed by atoms with Crippen LogP contribution in [0.2, 0.25) is 5.02 Å². The number of benzene rings is 2. The number of nitrogens with one attached hydrogen (secondary N) is 1. The van der Waals surface area contributed by atoms with Crippen LogP contribution in [0.4, 0.5) is 5.69 Å². The fraction of sp³-hybridized carbons (Fsp3) is 0.263. The van der Waals surface area contributed by atoms with E-state index >= 15 is 0 Å². The van der Waals surface area contributed by atoms with Crippen molar-refractivity contribution in [1.82, 2.24) is 0 Å². The first-order valence-corrected chi connectivity index (χ1v) is 9.32. The van der Waals surface area contributed by atoms with E-state index in [2.05, 4.69) is 33.2 Å². The van der Waals surface area contributed by atoms with E-state index in [-0.39, 0.29) is 5.91 Å². The van der Waals surface area contributed by atoms with Crippen LogP contribution >= 0.6 is 27.5 Å². The third kappa shape index (κ3) is 4.11. The zero-order chi connectivity index (χ0) is 17.8. The van der Waals surface area contributed by atoms with Crippen molar-refractivity contribution in [2.45, 2.75) is 26.0 Å². The maximum atomic E-state index is 12.5. The Hall–Kier alpha value is -1.69. The first kappa shape index (κ1) is 18.1. The highest BCUT2D eigenvalue weighted by molar-refractivity contribution is 9.10. The molecular formula is C19H18BrClN2O2.